The highest BCUT2D eigenvalue weighted by Gasteiger charge is 2.52. The number of nitrogens with two attached hydrogens (primary N) is 1. The first-order valence-corrected chi connectivity index (χ1v) is 11.5. The van der Waals surface area contributed by atoms with Gasteiger partial charge in [-0.25, -0.2) is 9.59 Å². The van der Waals surface area contributed by atoms with Crippen LogP contribution in [0.5, 0.6) is 0 Å². The summed E-state index contributed by atoms with van der Waals surface area (Å²) in [4.78, 5) is 40.5. The summed E-state index contributed by atoms with van der Waals surface area (Å²) in [6.07, 6.45) is 2.64. The number of amides is 1. The Morgan fingerprint density at radius 1 is 1.06 bits per heavy atom. The lowest BCUT2D eigenvalue weighted by Crippen LogP contribution is -2.57. The standard InChI is InChI=1S/C24H42N2O7/c1-10-12-16-13-17(21(28)32-23(4,5)6)26(22(29)33-24(7,8)9)20(16)19(25)18(27)14-31-15(3)30-11-2/h10,12,15-17,19-20H,11,13-14,25H2,1-9H3/b12-10-/t15?,16-,17-,19+,20-/m1/s1. The Labute approximate surface area is 197 Å². The number of carbonyl (C=O) groups is 3. The van der Waals surface area contributed by atoms with E-state index in [0.29, 0.717) is 6.61 Å². The van der Waals surface area contributed by atoms with Crippen LogP contribution in [0.2, 0.25) is 0 Å². The molecule has 0 aromatic rings. The second-order valence-corrected chi connectivity index (χ2v) is 10.2. The Morgan fingerprint density at radius 3 is 2.12 bits per heavy atom. The smallest absolute Gasteiger partial charge is 0.411 e. The lowest BCUT2D eigenvalue weighted by atomic mass is 9.91. The van der Waals surface area contributed by atoms with E-state index in [0.717, 1.165) is 0 Å². The third-order valence-electron chi connectivity index (χ3n) is 4.92. The van der Waals surface area contributed by atoms with Gasteiger partial charge in [0.25, 0.3) is 0 Å². The van der Waals surface area contributed by atoms with Gasteiger partial charge in [0, 0.05) is 12.5 Å². The molecule has 9 heteroatoms. The van der Waals surface area contributed by atoms with Crippen LogP contribution in [0, 0.1) is 5.92 Å². The summed E-state index contributed by atoms with van der Waals surface area (Å²) >= 11 is 0. The van der Waals surface area contributed by atoms with Gasteiger partial charge in [0.1, 0.15) is 23.9 Å². The zero-order valence-corrected chi connectivity index (χ0v) is 21.5. The van der Waals surface area contributed by atoms with Crippen LogP contribution >= 0.6 is 0 Å². The van der Waals surface area contributed by atoms with Gasteiger partial charge < -0.3 is 24.7 Å². The Balaban J connectivity index is 3.29. The molecule has 1 unspecified atom stereocenters. The minimum absolute atomic E-state index is 0.264. The molecule has 0 bridgehead atoms. The van der Waals surface area contributed by atoms with E-state index in [1.807, 2.05) is 26.0 Å². The molecule has 0 spiro atoms. The van der Waals surface area contributed by atoms with E-state index in [-0.39, 0.29) is 18.9 Å². The molecule has 1 saturated heterocycles. The lowest BCUT2D eigenvalue weighted by molar-refractivity contribution is -0.161. The van der Waals surface area contributed by atoms with Crippen molar-refractivity contribution in [1.29, 1.82) is 0 Å². The van der Waals surface area contributed by atoms with Gasteiger partial charge in [0.05, 0.1) is 12.1 Å². The fourth-order valence-electron chi connectivity index (χ4n) is 3.72. The van der Waals surface area contributed by atoms with Crippen molar-refractivity contribution in [1.82, 2.24) is 4.90 Å². The van der Waals surface area contributed by atoms with Crippen LogP contribution in [0.4, 0.5) is 4.79 Å². The molecule has 2 N–H and O–H groups in total. The van der Waals surface area contributed by atoms with Crippen molar-refractivity contribution in [3.8, 4) is 0 Å². The lowest BCUT2D eigenvalue weighted by Gasteiger charge is -2.35. The van der Waals surface area contributed by atoms with E-state index in [4.69, 9.17) is 24.7 Å². The maximum Gasteiger partial charge on any atom is 0.411 e. The molecule has 33 heavy (non-hydrogen) atoms. The van der Waals surface area contributed by atoms with Crippen LogP contribution in [0.15, 0.2) is 12.2 Å². The van der Waals surface area contributed by atoms with Crippen molar-refractivity contribution in [3.63, 3.8) is 0 Å². The van der Waals surface area contributed by atoms with E-state index in [1.165, 1.54) is 4.90 Å². The average Bonchev–Trinajstić information content (AvgIpc) is 3.03. The van der Waals surface area contributed by atoms with Gasteiger partial charge in [0.2, 0.25) is 0 Å². The van der Waals surface area contributed by atoms with Gasteiger partial charge >= 0.3 is 12.1 Å². The highest BCUT2D eigenvalue weighted by molar-refractivity contribution is 5.88. The van der Waals surface area contributed by atoms with Crippen molar-refractivity contribution in [2.75, 3.05) is 13.2 Å². The van der Waals surface area contributed by atoms with Crippen LogP contribution in [-0.2, 0) is 28.5 Å². The molecule has 1 fully saturated rings. The number of rotatable bonds is 9. The number of esters is 1. The Morgan fingerprint density at radius 2 is 1.64 bits per heavy atom. The summed E-state index contributed by atoms with van der Waals surface area (Å²) in [5.74, 6) is -1.31. The van der Waals surface area contributed by atoms with Crippen molar-refractivity contribution in [2.45, 2.75) is 104 Å². The number of nitrogens with zero attached hydrogens (tertiary/aromatic N) is 1. The number of carbonyl (C=O) groups excluding carboxylic acids is 3. The van der Waals surface area contributed by atoms with E-state index in [9.17, 15) is 14.4 Å². The van der Waals surface area contributed by atoms with Crippen LogP contribution in [-0.4, -0.2) is 71.6 Å². The predicted octanol–water partition coefficient (Wildman–Crippen LogP) is 3.19. The molecule has 1 amide bonds. The van der Waals surface area contributed by atoms with Crippen molar-refractivity contribution < 1.29 is 33.3 Å². The number of hydrogen-bond acceptors (Lipinski definition) is 8. The molecule has 5 atom stereocenters. The summed E-state index contributed by atoms with van der Waals surface area (Å²) < 4.78 is 21.9. The van der Waals surface area contributed by atoms with Crippen LogP contribution in [0.1, 0.15) is 68.7 Å². The van der Waals surface area contributed by atoms with E-state index in [1.54, 1.807) is 48.5 Å². The van der Waals surface area contributed by atoms with Crippen LogP contribution in [0.25, 0.3) is 0 Å². The molecule has 9 nitrogen and oxygen atoms in total. The summed E-state index contributed by atoms with van der Waals surface area (Å²) in [5, 5.41) is 0. The minimum atomic E-state index is -1.10. The molecular weight excluding hydrogens is 428 g/mol. The van der Waals surface area contributed by atoms with Gasteiger partial charge in [0.15, 0.2) is 12.1 Å². The molecule has 1 rings (SSSR count). The molecule has 1 aliphatic heterocycles. The Bertz CT molecular complexity index is 709. The fourth-order valence-corrected chi connectivity index (χ4v) is 3.72. The fraction of sp³-hybridized carbons (Fsp3) is 0.792. The zero-order valence-electron chi connectivity index (χ0n) is 21.5. The number of hydrogen-bond donors (Lipinski definition) is 1. The molecule has 1 heterocycles. The molecule has 0 saturated carbocycles. The predicted molar refractivity (Wildman–Crippen MR) is 124 cm³/mol. The van der Waals surface area contributed by atoms with Crippen LogP contribution < -0.4 is 5.73 Å². The third-order valence-corrected chi connectivity index (χ3v) is 4.92. The van der Waals surface area contributed by atoms with E-state index in [2.05, 4.69) is 0 Å². The normalized spacial score (nSPS) is 23.5. The Hall–Kier alpha value is -1.97. The number of allylic oxidation sites excluding steroid dienone is 1. The van der Waals surface area contributed by atoms with Gasteiger partial charge in [-0.05, 0) is 68.7 Å². The molecular formula is C24H42N2O7. The maximum absolute atomic E-state index is 13.2. The largest absolute Gasteiger partial charge is 0.458 e. The van der Waals surface area contributed by atoms with Gasteiger partial charge in [-0.1, -0.05) is 12.2 Å². The molecule has 0 aromatic carbocycles. The first-order valence-electron chi connectivity index (χ1n) is 11.5. The van der Waals surface area contributed by atoms with E-state index < -0.39 is 53.5 Å². The monoisotopic (exact) mass is 470 g/mol. The van der Waals surface area contributed by atoms with Gasteiger partial charge in [-0.2, -0.15) is 0 Å². The molecule has 1 aliphatic rings. The van der Waals surface area contributed by atoms with Gasteiger partial charge in [-0.3, -0.25) is 9.69 Å². The number of ether oxygens (including phenoxy) is 4. The number of Topliss-reactive ketones (excluding diaryl/α,β-unsaturated/α-hetero) is 1. The summed E-state index contributed by atoms with van der Waals surface area (Å²) in [5.41, 5.74) is 4.83. The first kappa shape index (κ1) is 29.1. The second-order valence-electron chi connectivity index (χ2n) is 10.2. The van der Waals surface area contributed by atoms with Gasteiger partial charge in [-0.15, -0.1) is 0 Å². The quantitative estimate of drug-likeness (QED) is 0.310. The minimum Gasteiger partial charge on any atom is -0.458 e. The highest BCUT2D eigenvalue weighted by atomic mass is 16.7. The molecule has 0 aromatic heterocycles. The molecule has 190 valence electrons. The molecule has 0 aliphatic carbocycles. The van der Waals surface area contributed by atoms with Crippen molar-refractivity contribution >= 4 is 17.8 Å². The summed E-state index contributed by atoms with van der Waals surface area (Å²) in [6, 6.07) is -2.83. The second kappa shape index (κ2) is 11.9. The topological polar surface area (TPSA) is 117 Å². The Kier molecular flexibility index (Phi) is 10.5. The molecule has 0 radical (unpaired) electrons. The third kappa shape index (κ3) is 9.06. The van der Waals surface area contributed by atoms with Crippen molar-refractivity contribution in [2.24, 2.45) is 11.7 Å². The van der Waals surface area contributed by atoms with E-state index >= 15 is 0 Å². The summed E-state index contributed by atoms with van der Waals surface area (Å²) in [7, 11) is 0. The first-order chi connectivity index (χ1) is 15.1. The maximum atomic E-state index is 13.2. The highest BCUT2D eigenvalue weighted by Crippen LogP contribution is 2.35. The van der Waals surface area contributed by atoms with Crippen molar-refractivity contribution in [3.05, 3.63) is 12.2 Å². The summed E-state index contributed by atoms with van der Waals surface area (Å²) in [6.45, 7) is 16.0. The zero-order chi connectivity index (χ0) is 25.6. The number of likely N-dealkylation sites (tertiary alicyclic amines) is 1. The number of ketones is 1. The average molecular weight is 471 g/mol. The van der Waals surface area contributed by atoms with Crippen LogP contribution in [0.3, 0.4) is 0 Å². The SMILES string of the molecule is C/C=C\[C@@H]1C[C@H](C(=O)OC(C)(C)C)N(C(=O)OC(C)(C)C)[C@H]1[C@@H](N)C(=O)COC(C)OCC.